The van der Waals surface area contributed by atoms with Gasteiger partial charge in [-0.15, -0.1) is 0 Å². The zero-order valence-corrected chi connectivity index (χ0v) is 14.5. The predicted octanol–water partition coefficient (Wildman–Crippen LogP) is 3.10. The number of fused-ring (bicyclic) bond motifs is 1. The summed E-state index contributed by atoms with van der Waals surface area (Å²) in [4.78, 5) is 24.9. The summed E-state index contributed by atoms with van der Waals surface area (Å²) in [5.41, 5.74) is 2.98. The van der Waals surface area contributed by atoms with Gasteiger partial charge < -0.3 is 10.1 Å². The summed E-state index contributed by atoms with van der Waals surface area (Å²) < 4.78 is 5.01. The van der Waals surface area contributed by atoms with Gasteiger partial charge >= 0.3 is 5.97 Å². The molecule has 2 aliphatic rings. The molecule has 0 unspecified atom stereocenters. The lowest BCUT2D eigenvalue weighted by molar-refractivity contribution is -0.151. The zero-order valence-electron chi connectivity index (χ0n) is 14.5. The van der Waals surface area contributed by atoms with E-state index < -0.39 is 5.54 Å². The Hall–Kier alpha value is -1.84. The van der Waals surface area contributed by atoms with Crippen molar-refractivity contribution in [2.45, 2.75) is 69.7 Å². The van der Waals surface area contributed by atoms with Crippen LogP contribution in [-0.2, 0) is 33.6 Å². The van der Waals surface area contributed by atoms with Crippen LogP contribution in [0.4, 0.5) is 0 Å². The number of methoxy groups -OCH3 is 1. The minimum absolute atomic E-state index is 0.0831. The van der Waals surface area contributed by atoms with Crippen molar-refractivity contribution in [3.63, 3.8) is 0 Å². The van der Waals surface area contributed by atoms with Gasteiger partial charge in [0.1, 0.15) is 5.54 Å². The van der Waals surface area contributed by atoms with Crippen LogP contribution in [0.25, 0.3) is 0 Å². The Bertz CT molecular complexity index is 615. The number of aryl methyl sites for hydroxylation is 2. The van der Waals surface area contributed by atoms with Crippen molar-refractivity contribution in [1.29, 1.82) is 0 Å². The fraction of sp³-hybridized carbons (Fsp3) is 0.600. The van der Waals surface area contributed by atoms with Crippen LogP contribution >= 0.6 is 0 Å². The van der Waals surface area contributed by atoms with Gasteiger partial charge in [0.25, 0.3) is 0 Å². The van der Waals surface area contributed by atoms with E-state index in [9.17, 15) is 9.59 Å². The van der Waals surface area contributed by atoms with E-state index in [4.69, 9.17) is 4.74 Å². The molecule has 0 spiro atoms. The second kappa shape index (κ2) is 7.37. The summed E-state index contributed by atoms with van der Waals surface area (Å²) in [5, 5.41) is 3.03. The van der Waals surface area contributed by atoms with Crippen molar-refractivity contribution in [2.24, 2.45) is 0 Å². The molecule has 0 aliphatic heterocycles. The summed E-state index contributed by atoms with van der Waals surface area (Å²) in [7, 11) is 1.40. The second-order valence-corrected chi connectivity index (χ2v) is 7.17. The molecule has 0 bridgehead atoms. The Morgan fingerprint density at radius 2 is 1.75 bits per heavy atom. The molecule has 2 aliphatic carbocycles. The van der Waals surface area contributed by atoms with E-state index in [1.165, 1.54) is 24.7 Å². The van der Waals surface area contributed by atoms with E-state index in [1.54, 1.807) is 0 Å². The summed E-state index contributed by atoms with van der Waals surface area (Å²) in [6.45, 7) is 0. The molecular weight excluding hydrogens is 302 g/mol. The number of carbonyl (C=O) groups is 2. The molecular formula is C20H27NO3. The molecule has 3 rings (SSSR count). The number of esters is 1. The summed E-state index contributed by atoms with van der Waals surface area (Å²) in [6, 6.07) is 6.34. The van der Waals surface area contributed by atoms with Crippen LogP contribution in [-0.4, -0.2) is 24.5 Å². The number of hydrogen-bond donors (Lipinski definition) is 1. The van der Waals surface area contributed by atoms with Crippen LogP contribution in [0.2, 0.25) is 0 Å². The lowest BCUT2D eigenvalue weighted by atomic mass is 9.89. The number of amides is 1. The molecule has 130 valence electrons. The smallest absolute Gasteiger partial charge is 0.331 e. The lowest BCUT2D eigenvalue weighted by Gasteiger charge is -2.31. The van der Waals surface area contributed by atoms with Gasteiger partial charge in [-0.3, -0.25) is 4.79 Å². The second-order valence-electron chi connectivity index (χ2n) is 7.17. The third-order valence-corrected chi connectivity index (χ3v) is 5.44. The van der Waals surface area contributed by atoms with Gasteiger partial charge in [0.2, 0.25) is 5.91 Å². The molecule has 0 atom stereocenters. The highest BCUT2D eigenvalue weighted by Crippen LogP contribution is 2.29. The summed E-state index contributed by atoms with van der Waals surface area (Å²) >= 11 is 0. The van der Waals surface area contributed by atoms with Crippen molar-refractivity contribution < 1.29 is 14.3 Å². The molecule has 1 aromatic carbocycles. The van der Waals surface area contributed by atoms with Crippen molar-refractivity contribution in [3.05, 3.63) is 34.9 Å². The third kappa shape index (κ3) is 3.63. The predicted molar refractivity (Wildman–Crippen MR) is 92.8 cm³/mol. The van der Waals surface area contributed by atoms with Crippen LogP contribution in [0.3, 0.4) is 0 Å². The number of rotatable bonds is 4. The fourth-order valence-electron chi connectivity index (χ4n) is 4.14. The highest BCUT2D eigenvalue weighted by Gasteiger charge is 2.40. The maximum Gasteiger partial charge on any atom is 0.331 e. The first-order chi connectivity index (χ1) is 11.6. The molecule has 1 N–H and O–H groups in total. The Morgan fingerprint density at radius 3 is 2.46 bits per heavy atom. The largest absolute Gasteiger partial charge is 0.467 e. The van der Waals surface area contributed by atoms with E-state index in [-0.39, 0.29) is 11.9 Å². The van der Waals surface area contributed by atoms with Gasteiger partial charge in [0.05, 0.1) is 13.5 Å². The summed E-state index contributed by atoms with van der Waals surface area (Å²) in [6.07, 6.45) is 9.26. The Labute approximate surface area is 144 Å². The van der Waals surface area contributed by atoms with Gasteiger partial charge in [0.15, 0.2) is 0 Å². The van der Waals surface area contributed by atoms with Crippen LogP contribution in [0.1, 0.15) is 61.6 Å². The van der Waals surface area contributed by atoms with Gasteiger partial charge in [-0.2, -0.15) is 0 Å². The maximum atomic E-state index is 12.6. The Kier molecular flexibility index (Phi) is 5.22. The van der Waals surface area contributed by atoms with Crippen molar-refractivity contribution >= 4 is 11.9 Å². The van der Waals surface area contributed by atoms with Crippen LogP contribution in [0.15, 0.2) is 18.2 Å². The zero-order chi connectivity index (χ0) is 17.0. The topological polar surface area (TPSA) is 55.4 Å². The minimum atomic E-state index is -0.834. The average Bonchev–Trinajstić information content (AvgIpc) is 2.91. The van der Waals surface area contributed by atoms with Crippen LogP contribution < -0.4 is 5.32 Å². The molecule has 0 aromatic heterocycles. The van der Waals surface area contributed by atoms with Gasteiger partial charge in [-0.05, 0) is 48.8 Å². The molecule has 1 amide bonds. The molecule has 24 heavy (non-hydrogen) atoms. The molecule has 4 nitrogen and oxygen atoms in total. The van der Waals surface area contributed by atoms with Crippen molar-refractivity contribution in [2.75, 3.05) is 7.11 Å². The fourth-order valence-corrected chi connectivity index (χ4v) is 4.14. The van der Waals surface area contributed by atoms with Gasteiger partial charge in [0, 0.05) is 0 Å². The normalized spacial score (nSPS) is 19.2. The number of benzene rings is 1. The highest BCUT2D eigenvalue weighted by molar-refractivity contribution is 5.89. The number of ether oxygens (including phenoxy) is 1. The maximum absolute atomic E-state index is 12.6. The SMILES string of the molecule is COC(=O)C1(NC(=O)Cc2ccc3c(c2)CCC3)CCCCCC1. The monoisotopic (exact) mass is 329 g/mol. The number of nitrogens with one attached hydrogen (secondary N) is 1. The Morgan fingerprint density at radius 1 is 1.04 bits per heavy atom. The van der Waals surface area contributed by atoms with E-state index in [0.717, 1.165) is 44.1 Å². The third-order valence-electron chi connectivity index (χ3n) is 5.44. The molecule has 0 heterocycles. The molecule has 0 radical (unpaired) electrons. The molecule has 1 aromatic rings. The van der Waals surface area contributed by atoms with Crippen LogP contribution in [0.5, 0.6) is 0 Å². The van der Waals surface area contributed by atoms with E-state index in [1.807, 2.05) is 6.07 Å². The van der Waals surface area contributed by atoms with E-state index in [2.05, 4.69) is 17.4 Å². The molecule has 1 saturated carbocycles. The quantitative estimate of drug-likeness (QED) is 0.682. The first-order valence-electron chi connectivity index (χ1n) is 9.13. The van der Waals surface area contributed by atoms with Gasteiger partial charge in [-0.25, -0.2) is 4.79 Å². The van der Waals surface area contributed by atoms with Crippen molar-refractivity contribution in [1.82, 2.24) is 5.32 Å². The first kappa shape index (κ1) is 17.0. The molecule has 1 fully saturated rings. The Balaban J connectivity index is 1.70. The van der Waals surface area contributed by atoms with Crippen molar-refractivity contribution in [3.8, 4) is 0 Å². The number of carbonyl (C=O) groups excluding carboxylic acids is 2. The van der Waals surface area contributed by atoms with Gasteiger partial charge in [-0.1, -0.05) is 43.9 Å². The van der Waals surface area contributed by atoms with Crippen LogP contribution in [0, 0.1) is 0 Å². The first-order valence-corrected chi connectivity index (χ1v) is 9.13. The highest BCUT2D eigenvalue weighted by atomic mass is 16.5. The standard InChI is InChI=1S/C20H27NO3/c1-24-19(23)20(11-4-2-3-5-12-20)21-18(22)14-15-9-10-16-7-6-8-17(16)13-15/h9-10,13H,2-8,11-12,14H2,1H3,(H,21,22). The number of hydrogen-bond acceptors (Lipinski definition) is 3. The minimum Gasteiger partial charge on any atom is -0.467 e. The molecule has 0 saturated heterocycles. The molecule has 4 heteroatoms. The van der Waals surface area contributed by atoms with E-state index >= 15 is 0 Å². The lowest BCUT2D eigenvalue weighted by Crippen LogP contribution is -2.55. The summed E-state index contributed by atoms with van der Waals surface area (Å²) in [5.74, 6) is -0.382. The average molecular weight is 329 g/mol. The van der Waals surface area contributed by atoms with E-state index in [0.29, 0.717) is 19.3 Å².